The first-order chi connectivity index (χ1) is 13.5. The number of anilines is 1. The molecule has 0 aromatic carbocycles. The van der Waals surface area contributed by atoms with Crippen molar-refractivity contribution in [1.29, 1.82) is 0 Å². The van der Waals surface area contributed by atoms with Crippen LogP contribution in [-0.4, -0.2) is 64.1 Å². The molecule has 1 saturated heterocycles. The molecule has 1 N–H and O–H groups in total. The van der Waals surface area contributed by atoms with Gasteiger partial charge in [0, 0.05) is 56.1 Å². The fourth-order valence-corrected chi connectivity index (χ4v) is 5.16. The Morgan fingerprint density at radius 1 is 1.18 bits per heavy atom. The van der Waals surface area contributed by atoms with E-state index in [0.29, 0.717) is 13.2 Å². The number of nitrogens with one attached hydrogen (secondary N) is 1. The van der Waals surface area contributed by atoms with E-state index in [2.05, 4.69) is 24.1 Å². The molecule has 3 aromatic rings. The first-order valence-electron chi connectivity index (χ1n) is 9.33. The average Bonchev–Trinajstić information content (AvgIpc) is 3.26. The monoisotopic (exact) mass is 420 g/mol. The molecule has 10 heteroatoms. The molecule has 0 atom stereocenters. The van der Waals surface area contributed by atoms with Crippen LogP contribution in [0.2, 0.25) is 0 Å². The van der Waals surface area contributed by atoms with E-state index >= 15 is 0 Å². The summed E-state index contributed by atoms with van der Waals surface area (Å²) in [6.45, 7) is 8.90. The summed E-state index contributed by atoms with van der Waals surface area (Å²) in [6.07, 6.45) is 0.746. The normalized spacial score (nSPS) is 15.6. The molecule has 28 heavy (non-hydrogen) atoms. The maximum atomic E-state index is 12.5. The van der Waals surface area contributed by atoms with Gasteiger partial charge in [-0.05, 0) is 19.4 Å². The zero-order chi connectivity index (χ0) is 19.7. The van der Waals surface area contributed by atoms with Crippen molar-refractivity contribution < 1.29 is 4.74 Å². The van der Waals surface area contributed by atoms with Crippen molar-refractivity contribution in [2.75, 3.05) is 44.8 Å². The quantitative estimate of drug-likeness (QED) is 0.652. The van der Waals surface area contributed by atoms with Crippen LogP contribution < -0.4 is 10.5 Å². The van der Waals surface area contributed by atoms with Crippen LogP contribution in [0, 0.1) is 13.8 Å². The Labute approximate surface area is 171 Å². The van der Waals surface area contributed by atoms with Crippen molar-refractivity contribution in [2.45, 2.75) is 26.8 Å². The van der Waals surface area contributed by atoms with Crippen LogP contribution in [0.3, 0.4) is 0 Å². The van der Waals surface area contributed by atoms with Gasteiger partial charge in [0.05, 0.1) is 18.5 Å². The predicted octanol–water partition coefficient (Wildman–Crippen LogP) is 1.96. The van der Waals surface area contributed by atoms with Crippen LogP contribution in [0.1, 0.15) is 22.1 Å². The minimum absolute atomic E-state index is 0.0297. The Hall–Kier alpha value is -1.88. The molecule has 8 nitrogen and oxygen atoms in total. The number of H-pyrrole nitrogens is 1. The summed E-state index contributed by atoms with van der Waals surface area (Å²) in [5, 5.41) is 1.71. The van der Waals surface area contributed by atoms with Gasteiger partial charge in [-0.3, -0.25) is 9.69 Å². The van der Waals surface area contributed by atoms with Gasteiger partial charge in [-0.1, -0.05) is 0 Å². The van der Waals surface area contributed by atoms with Gasteiger partial charge in [0.25, 0.3) is 5.56 Å². The summed E-state index contributed by atoms with van der Waals surface area (Å²) in [7, 11) is 1.69. The first-order valence-corrected chi connectivity index (χ1v) is 10.9. The lowest BCUT2D eigenvalue weighted by molar-refractivity contribution is 0.201. The molecule has 4 rings (SSSR count). The van der Waals surface area contributed by atoms with Crippen molar-refractivity contribution in [3.05, 3.63) is 32.4 Å². The molecule has 0 amide bonds. The van der Waals surface area contributed by atoms with Crippen molar-refractivity contribution in [3.63, 3.8) is 0 Å². The highest BCUT2D eigenvalue weighted by Crippen LogP contribution is 2.26. The van der Waals surface area contributed by atoms with Crippen LogP contribution in [-0.2, 0) is 17.7 Å². The molecule has 0 unspecified atom stereocenters. The van der Waals surface area contributed by atoms with Gasteiger partial charge in [-0.15, -0.1) is 11.3 Å². The molecule has 0 saturated carbocycles. The van der Waals surface area contributed by atoms with Crippen LogP contribution in [0.4, 0.5) is 5.13 Å². The second kappa shape index (κ2) is 8.24. The summed E-state index contributed by atoms with van der Waals surface area (Å²) in [6, 6.07) is 0. The summed E-state index contributed by atoms with van der Waals surface area (Å²) >= 11 is 3.05. The number of methoxy groups -OCH3 is 1. The molecular formula is C18H24N6O2S2. The first kappa shape index (κ1) is 19.4. The molecule has 1 fully saturated rings. The van der Waals surface area contributed by atoms with E-state index < -0.39 is 0 Å². The van der Waals surface area contributed by atoms with E-state index in [1.165, 1.54) is 11.5 Å². The largest absolute Gasteiger partial charge is 0.384 e. The molecule has 0 radical (unpaired) electrons. The van der Waals surface area contributed by atoms with Crippen LogP contribution >= 0.6 is 22.9 Å². The number of hydrogen-bond donors (Lipinski definition) is 1. The molecule has 1 aliphatic heterocycles. The minimum Gasteiger partial charge on any atom is -0.384 e. The molecule has 0 bridgehead atoms. The summed E-state index contributed by atoms with van der Waals surface area (Å²) in [4.78, 5) is 31.3. The second-order valence-electron chi connectivity index (χ2n) is 6.98. The fourth-order valence-electron chi connectivity index (χ4n) is 3.35. The van der Waals surface area contributed by atoms with Crippen molar-refractivity contribution in [2.24, 2.45) is 0 Å². The summed E-state index contributed by atoms with van der Waals surface area (Å²) in [5.74, 6) is 1.59. The fraction of sp³-hybridized carbons (Fsp3) is 0.556. The maximum Gasteiger partial charge on any atom is 0.259 e. The SMILES string of the molecule is COCCc1nsc(N2CCN(Cc3nc4sc(C)c(C)c4c(=O)[nH]3)CC2)n1. The van der Waals surface area contributed by atoms with E-state index in [4.69, 9.17) is 9.72 Å². The zero-order valence-electron chi connectivity index (χ0n) is 16.3. The number of thiophene rings is 1. The van der Waals surface area contributed by atoms with Gasteiger partial charge >= 0.3 is 0 Å². The van der Waals surface area contributed by atoms with Crippen molar-refractivity contribution in [1.82, 2.24) is 24.2 Å². The Bertz CT molecular complexity index is 1020. The number of fused-ring (bicyclic) bond motifs is 1. The van der Waals surface area contributed by atoms with Gasteiger partial charge in [0.1, 0.15) is 16.5 Å². The van der Waals surface area contributed by atoms with E-state index in [0.717, 1.165) is 70.0 Å². The molecule has 3 aromatic heterocycles. The Kier molecular flexibility index (Phi) is 5.72. The lowest BCUT2D eigenvalue weighted by atomic mass is 10.2. The van der Waals surface area contributed by atoms with Crippen LogP contribution in [0.25, 0.3) is 10.2 Å². The Morgan fingerprint density at radius 3 is 2.71 bits per heavy atom. The summed E-state index contributed by atoms with van der Waals surface area (Å²) < 4.78 is 9.50. The van der Waals surface area contributed by atoms with E-state index in [-0.39, 0.29) is 5.56 Å². The van der Waals surface area contributed by atoms with E-state index in [1.807, 2.05) is 13.8 Å². The highest BCUT2D eigenvalue weighted by atomic mass is 32.1. The lowest BCUT2D eigenvalue weighted by Crippen LogP contribution is -2.46. The smallest absolute Gasteiger partial charge is 0.259 e. The van der Waals surface area contributed by atoms with Crippen molar-refractivity contribution in [3.8, 4) is 0 Å². The topological polar surface area (TPSA) is 87.2 Å². The van der Waals surface area contributed by atoms with E-state index in [1.54, 1.807) is 18.4 Å². The lowest BCUT2D eigenvalue weighted by Gasteiger charge is -2.33. The van der Waals surface area contributed by atoms with Gasteiger partial charge < -0.3 is 14.6 Å². The van der Waals surface area contributed by atoms with E-state index in [9.17, 15) is 4.79 Å². The molecule has 0 aliphatic carbocycles. The van der Waals surface area contributed by atoms with Gasteiger partial charge in [0.15, 0.2) is 0 Å². The number of hydrogen-bond acceptors (Lipinski definition) is 9. The molecule has 4 heterocycles. The second-order valence-corrected chi connectivity index (χ2v) is 8.91. The number of rotatable bonds is 6. The number of aryl methyl sites for hydroxylation is 2. The molecule has 1 aliphatic rings. The number of nitrogens with zero attached hydrogens (tertiary/aromatic N) is 5. The molecule has 150 valence electrons. The van der Waals surface area contributed by atoms with Crippen molar-refractivity contribution >= 4 is 38.2 Å². The summed E-state index contributed by atoms with van der Waals surface area (Å²) in [5.41, 5.74) is 1.01. The minimum atomic E-state index is -0.0297. The zero-order valence-corrected chi connectivity index (χ0v) is 18.0. The third-order valence-corrected chi connectivity index (χ3v) is 7.01. The highest BCUT2D eigenvalue weighted by Gasteiger charge is 2.21. The average molecular weight is 421 g/mol. The van der Waals surface area contributed by atoms with Crippen LogP contribution in [0.15, 0.2) is 4.79 Å². The van der Waals surface area contributed by atoms with Gasteiger partial charge in [0.2, 0.25) is 5.13 Å². The third kappa shape index (κ3) is 3.95. The standard InChI is InChI=1S/C18H24N6O2S2/c1-11-12(2)27-17-15(11)16(25)19-14(20-17)10-23-5-7-24(8-6-23)18-21-13(22-28-18)4-9-26-3/h4-10H2,1-3H3,(H,19,20,25). The van der Waals surface area contributed by atoms with Gasteiger partial charge in [-0.2, -0.15) is 4.37 Å². The third-order valence-electron chi connectivity index (χ3n) is 5.09. The number of piperazine rings is 1. The number of aromatic amines is 1. The Balaban J connectivity index is 1.39. The Morgan fingerprint density at radius 2 is 1.96 bits per heavy atom. The van der Waals surface area contributed by atoms with Crippen LogP contribution in [0.5, 0.6) is 0 Å². The number of aromatic nitrogens is 4. The maximum absolute atomic E-state index is 12.5. The highest BCUT2D eigenvalue weighted by molar-refractivity contribution is 7.18. The van der Waals surface area contributed by atoms with Gasteiger partial charge in [-0.25, -0.2) is 9.97 Å². The number of ether oxygens (including phenoxy) is 1. The predicted molar refractivity (Wildman–Crippen MR) is 113 cm³/mol. The molecule has 0 spiro atoms. The molecular weight excluding hydrogens is 396 g/mol.